The molecule has 0 fully saturated rings. The predicted molar refractivity (Wildman–Crippen MR) is 84.2 cm³/mol. The Morgan fingerprint density at radius 1 is 1.10 bits per heavy atom. The first-order valence-electron chi connectivity index (χ1n) is 7.24. The molecule has 0 saturated carbocycles. The second-order valence-corrected chi connectivity index (χ2v) is 5.03. The molecule has 0 aromatic heterocycles. The van der Waals surface area contributed by atoms with Crippen LogP contribution in [0.3, 0.4) is 0 Å². The van der Waals surface area contributed by atoms with Gasteiger partial charge in [-0.1, -0.05) is 55.0 Å². The van der Waals surface area contributed by atoms with Crippen LogP contribution in [-0.4, -0.2) is 12.0 Å². The maximum Gasteiger partial charge on any atom is 0.261 e. The topological polar surface area (TPSA) is 38.3 Å². The minimum absolute atomic E-state index is 0.0815. The van der Waals surface area contributed by atoms with Crippen LogP contribution in [0.2, 0.25) is 0 Å². The van der Waals surface area contributed by atoms with Crippen molar-refractivity contribution >= 4 is 5.91 Å². The van der Waals surface area contributed by atoms with Crippen molar-refractivity contribution in [1.82, 2.24) is 5.32 Å². The highest BCUT2D eigenvalue weighted by Crippen LogP contribution is 2.12. The van der Waals surface area contributed by atoms with Crippen LogP contribution in [0.4, 0.5) is 0 Å². The number of benzene rings is 2. The number of ether oxygens (including phenoxy) is 1. The van der Waals surface area contributed by atoms with Crippen LogP contribution in [0.1, 0.15) is 24.5 Å². The molecule has 1 N–H and O–H groups in total. The van der Waals surface area contributed by atoms with Gasteiger partial charge in [0.25, 0.3) is 5.91 Å². The molecule has 0 unspecified atom stereocenters. The van der Waals surface area contributed by atoms with E-state index in [4.69, 9.17) is 4.74 Å². The number of amides is 1. The third-order valence-electron chi connectivity index (χ3n) is 3.27. The van der Waals surface area contributed by atoms with Crippen LogP contribution in [-0.2, 0) is 11.3 Å². The molecule has 2 rings (SSSR count). The van der Waals surface area contributed by atoms with Gasteiger partial charge in [0.15, 0.2) is 6.10 Å². The van der Waals surface area contributed by atoms with Gasteiger partial charge in [-0.05, 0) is 31.0 Å². The van der Waals surface area contributed by atoms with Crippen LogP contribution < -0.4 is 10.1 Å². The van der Waals surface area contributed by atoms with E-state index in [0.717, 1.165) is 11.3 Å². The Kier molecular flexibility index (Phi) is 5.38. The van der Waals surface area contributed by atoms with Crippen molar-refractivity contribution in [3.63, 3.8) is 0 Å². The number of hydrogen-bond donors (Lipinski definition) is 1. The Balaban J connectivity index is 1.89. The SMILES string of the molecule is CC[C@@H](Oc1ccccc1)C(=O)NCc1ccc(C)cc1. The van der Waals surface area contributed by atoms with Crippen molar-refractivity contribution in [2.45, 2.75) is 32.9 Å². The zero-order chi connectivity index (χ0) is 15.1. The number of nitrogens with one attached hydrogen (secondary N) is 1. The predicted octanol–water partition coefficient (Wildman–Crippen LogP) is 3.47. The van der Waals surface area contributed by atoms with Crippen molar-refractivity contribution in [2.75, 3.05) is 0 Å². The van der Waals surface area contributed by atoms with E-state index in [0.29, 0.717) is 13.0 Å². The molecule has 0 heterocycles. The lowest BCUT2D eigenvalue weighted by atomic mass is 10.1. The van der Waals surface area contributed by atoms with E-state index in [2.05, 4.69) is 5.32 Å². The summed E-state index contributed by atoms with van der Waals surface area (Å²) in [5, 5.41) is 2.93. The Labute approximate surface area is 126 Å². The molecule has 2 aromatic carbocycles. The van der Waals surface area contributed by atoms with Crippen LogP contribution in [0.25, 0.3) is 0 Å². The van der Waals surface area contributed by atoms with Crippen molar-refractivity contribution in [2.24, 2.45) is 0 Å². The number of rotatable bonds is 6. The molecule has 0 bridgehead atoms. The average Bonchev–Trinajstić information content (AvgIpc) is 2.52. The summed E-state index contributed by atoms with van der Waals surface area (Å²) in [6, 6.07) is 17.6. The van der Waals surface area contributed by atoms with Gasteiger partial charge in [0, 0.05) is 6.54 Å². The van der Waals surface area contributed by atoms with E-state index in [9.17, 15) is 4.79 Å². The normalized spacial score (nSPS) is 11.7. The summed E-state index contributed by atoms with van der Waals surface area (Å²) in [6.07, 6.45) is 0.173. The van der Waals surface area contributed by atoms with Crippen molar-refractivity contribution in [1.29, 1.82) is 0 Å². The number of aryl methyl sites for hydroxylation is 1. The quantitative estimate of drug-likeness (QED) is 0.881. The van der Waals surface area contributed by atoms with Crippen molar-refractivity contribution < 1.29 is 9.53 Å². The highest BCUT2D eigenvalue weighted by molar-refractivity contribution is 5.81. The maximum atomic E-state index is 12.2. The minimum Gasteiger partial charge on any atom is -0.481 e. The number of carbonyl (C=O) groups is 1. The molecular formula is C18H21NO2. The standard InChI is InChI=1S/C18H21NO2/c1-3-17(21-16-7-5-4-6-8-16)18(20)19-13-15-11-9-14(2)10-12-15/h4-12,17H,3,13H2,1-2H3,(H,19,20)/t17-/m1/s1. The molecule has 0 aliphatic rings. The van der Waals surface area contributed by atoms with Gasteiger partial charge in [-0.2, -0.15) is 0 Å². The van der Waals surface area contributed by atoms with E-state index >= 15 is 0 Å². The van der Waals surface area contributed by atoms with Crippen molar-refractivity contribution in [3.8, 4) is 5.75 Å². The maximum absolute atomic E-state index is 12.2. The monoisotopic (exact) mass is 283 g/mol. The zero-order valence-corrected chi connectivity index (χ0v) is 12.5. The molecule has 1 amide bonds. The highest BCUT2D eigenvalue weighted by atomic mass is 16.5. The Morgan fingerprint density at radius 3 is 2.38 bits per heavy atom. The second-order valence-electron chi connectivity index (χ2n) is 5.03. The first-order chi connectivity index (χ1) is 10.2. The molecule has 110 valence electrons. The summed E-state index contributed by atoms with van der Waals surface area (Å²) in [4.78, 5) is 12.2. The van der Waals surface area contributed by atoms with Gasteiger partial charge in [0.05, 0.1) is 0 Å². The van der Waals surface area contributed by atoms with Crippen LogP contribution in [0.5, 0.6) is 5.75 Å². The fourth-order valence-electron chi connectivity index (χ4n) is 1.99. The Bertz CT molecular complexity index is 564. The molecule has 2 aromatic rings. The lowest BCUT2D eigenvalue weighted by molar-refractivity contribution is -0.128. The van der Waals surface area contributed by atoms with Crippen molar-refractivity contribution in [3.05, 3.63) is 65.7 Å². The molecule has 0 spiro atoms. The van der Waals surface area contributed by atoms with E-state index in [1.165, 1.54) is 5.56 Å². The van der Waals surface area contributed by atoms with E-state index < -0.39 is 6.10 Å². The van der Waals surface area contributed by atoms with Gasteiger partial charge in [-0.3, -0.25) is 4.79 Å². The summed E-state index contributed by atoms with van der Waals surface area (Å²) >= 11 is 0. The summed E-state index contributed by atoms with van der Waals surface area (Å²) in [6.45, 7) is 4.51. The van der Waals surface area contributed by atoms with E-state index in [1.54, 1.807) is 0 Å². The fourth-order valence-corrected chi connectivity index (χ4v) is 1.99. The summed E-state index contributed by atoms with van der Waals surface area (Å²) in [5.41, 5.74) is 2.30. The van der Waals surface area contributed by atoms with E-state index in [-0.39, 0.29) is 5.91 Å². The van der Waals surface area contributed by atoms with Gasteiger partial charge in [-0.25, -0.2) is 0 Å². The molecule has 21 heavy (non-hydrogen) atoms. The molecule has 0 radical (unpaired) electrons. The second kappa shape index (κ2) is 7.48. The van der Waals surface area contributed by atoms with Gasteiger partial charge in [0.1, 0.15) is 5.75 Å². The lowest BCUT2D eigenvalue weighted by Gasteiger charge is -2.17. The summed E-state index contributed by atoms with van der Waals surface area (Å²) in [5.74, 6) is 0.636. The first kappa shape index (κ1) is 15.1. The smallest absolute Gasteiger partial charge is 0.261 e. The third-order valence-corrected chi connectivity index (χ3v) is 3.27. The number of carbonyl (C=O) groups excluding carboxylic acids is 1. The Morgan fingerprint density at radius 2 is 1.76 bits per heavy atom. The molecule has 1 atom stereocenters. The Hall–Kier alpha value is -2.29. The number of para-hydroxylation sites is 1. The fraction of sp³-hybridized carbons (Fsp3) is 0.278. The van der Waals surface area contributed by atoms with Crippen LogP contribution in [0, 0.1) is 6.92 Å². The molecule has 0 aliphatic heterocycles. The first-order valence-corrected chi connectivity index (χ1v) is 7.24. The minimum atomic E-state index is -0.460. The lowest BCUT2D eigenvalue weighted by Crippen LogP contribution is -2.37. The average molecular weight is 283 g/mol. The molecule has 0 saturated heterocycles. The summed E-state index contributed by atoms with van der Waals surface area (Å²) in [7, 11) is 0. The van der Waals surface area contributed by atoms with Crippen LogP contribution >= 0.6 is 0 Å². The van der Waals surface area contributed by atoms with E-state index in [1.807, 2.05) is 68.4 Å². The molecular weight excluding hydrogens is 262 g/mol. The molecule has 3 nitrogen and oxygen atoms in total. The van der Waals surface area contributed by atoms with Gasteiger partial charge < -0.3 is 10.1 Å². The highest BCUT2D eigenvalue weighted by Gasteiger charge is 2.17. The third kappa shape index (κ3) is 4.63. The van der Waals surface area contributed by atoms with Gasteiger partial charge in [0.2, 0.25) is 0 Å². The zero-order valence-electron chi connectivity index (χ0n) is 12.5. The molecule has 0 aliphatic carbocycles. The molecule has 3 heteroatoms. The number of hydrogen-bond acceptors (Lipinski definition) is 2. The van der Waals surface area contributed by atoms with Crippen LogP contribution in [0.15, 0.2) is 54.6 Å². The van der Waals surface area contributed by atoms with Gasteiger partial charge >= 0.3 is 0 Å². The summed E-state index contributed by atoms with van der Waals surface area (Å²) < 4.78 is 5.72. The largest absolute Gasteiger partial charge is 0.481 e. The van der Waals surface area contributed by atoms with Gasteiger partial charge in [-0.15, -0.1) is 0 Å².